The molecule has 1 heterocycles. The maximum Gasteiger partial charge on any atom is 0.227 e. The Labute approximate surface area is 83.8 Å². The quantitative estimate of drug-likeness (QED) is 0.531. The van der Waals surface area contributed by atoms with E-state index in [4.69, 9.17) is 9.84 Å². The summed E-state index contributed by atoms with van der Waals surface area (Å²) in [6.07, 6.45) is 0. The Balaban J connectivity index is 2.43. The molecule has 0 spiro atoms. The third kappa shape index (κ3) is 2.67. The van der Waals surface area contributed by atoms with Crippen LogP contribution in [0.3, 0.4) is 0 Å². The summed E-state index contributed by atoms with van der Waals surface area (Å²) in [5, 5.41) is 14.6. The monoisotopic (exact) mass is 202 g/mol. The lowest BCUT2D eigenvalue weighted by atomic mass is 10.0. The summed E-state index contributed by atoms with van der Waals surface area (Å²) >= 11 is 0. The Hall–Kier alpha value is -0.650. The molecule has 0 radical (unpaired) electrons. The van der Waals surface area contributed by atoms with Gasteiger partial charge in [-0.3, -0.25) is 4.79 Å². The zero-order valence-electron chi connectivity index (χ0n) is 8.62. The predicted octanol–water partition coefficient (Wildman–Crippen LogP) is -1.28. The minimum absolute atomic E-state index is 0.0382. The van der Waals surface area contributed by atoms with Gasteiger partial charge in [0.2, 0.25) is 5.91 Å². The summed E-state index contributed by atoms with van der Waals surface area (Å²) in [7, 11) is 1.81. The molecule has 1 rings (SSSR count). The first-order valence-corrected chi connectivity index (χ1v) is 4.85. The normalized spacial score (nSPS) is 28.8. The van der Waals surface area contributed by atoms with Crippen molar-refractivity contribution in [2.75, 3.05) is 26.9 Å². The van der Waals surface area contributed by atoms with E-state index in [0.29, 0.717) is 13.2 Å². The zero-order valence-corrected chi connectivity index (χ0v) is 8.62. The molecule has 0 bridgehead atoms. The lowest BCUT2D eigenvalue weighted by Crippen LogP contribution is -2.46. The number of carbonyl (C=O) groups is 1. The number of rotatable bonds is 4. The van der Waals surface area contributed by atoms with Crippen molar-refractivity contribution in [3.8, 4) is 0 Å². The van der Waals surface area contributed by atoms with Crippen molar-refractivity contribution in [3.05, 3.63) is 0 Å². The van der Waals surface area contributed by atoms with Gasteiger partial charge in [-0.05, 0) is 14.0 Å². The molecular formula is C9H18N2O3. The van der Waals surface area contributed by atoms with E-state index in [-0.39, 0.29) is 30.5 Å². The summed E-state index contributed by atoms with van der Waals surface area (Å²) in [5.41, 5.74) is 0. The standard InChI is InChI=1S/C9H18N2O3/c1-6(3-12)11-9(13)7-4-14-5-8(7)10-2/h6-8,10,12H,3-5H2,1-2H3,(H,11,13)/t6-,7?,8?/m0/s1. The molecule has 5 nitrogen and oxygen atoms in total. The molecule has 3 N–H and O–H groups in total. The molecule has 1 aliphatic heterocycles. The fourth-order valence-corrected chi connectivity index (χ4v) is 1.49. The molecule has 1 aliphatic rings. The Morgan fingerprint density at radius 3 is 2.93 bits per heavy atom. The van der Waals surface area contributed by atoms with Crippen LogP contribution in [-0.4, -0.2) is 50.0 Å². The third-order valence-electron chi connectivity index (χ3n) is 2.45. The first kappa shape index (κ1) is 11.4. The molecule has 14 heavy (non-hydrogen) atoms. The first-order chi connectivity index (χ1) is 6.69. The molecule has 0 aromatic rings. The summed E-state index contributed by atoms with van der Waals surface area (Å²) < 4.78 is 5.21. The van der Waals surface area contributed by atoms with Crippen LogP contribution < -0.4 is 10.6 Å². The predicted molar refractivity (Wildman–Crippen MR) is 51.8 cm³/mol. The highest BCUT2D eigenvalue weighted by atomic mass is 16.5. The van der Waals surface area contributed by atoms with Gasteiger partial charge in [-0.25, -0.2) is 0 Å². The van der Waals surface area contributed by atoms with Gasteiger partial charge in [-0.1, -0.05) is 0 Å². The molecule has 0 aromatic carbocycles. The highest BCUT2D eigenvalue weighted by molar-refractivity contribution is 5.80. The van der Waals surface area contributed by atoms with Crippen LogP contribution in [0.5, 0.6) is 0 Å². The SMILES string of the molecule is CNC1COCC1C(=O)N[C@@H](C)CO. The molecule has 82 valence electrons. The average molecular weight is 202 g/mol. The van der Waals surface area contributed by atoms with Crippen molar-refractivity contribution in [3.63, 3.8) is 0 Å². The number of aliphatic hydroxyl groups is 1. The highest BCUT2D eigenvalue weighted by Gasteiger charge is 2.33. The summed E-state index contributed by atoms with van der Waals surface area (Å²) in [6.45, 7) is 2.75. The van der Waals surface area contributed by atoms with Gasteiger partial charge in [0.1, 0.15) is 0 Å². The van der Waals surface area contributed by atoms with Gasteiger partial charge in [-0.15, -0.1) is 0 Å². The van der Waals surface area contributed by atoms with Crippen molar-refractivity contribution in [1.82, 2.24) is 10.6 Å². The highest BCUT2D eigenvalue weighted by Crippen LogP contribution is 2.13. The van der Waals surface area contributed by atoms with Crippen LogP contribution >= 0.6 is 0 Å². The van der Waals surface area contributed by atoms with E-state index in [1.54, 1.807) is 6.92 Å². The second-order valence-corrected chi connectivity index (χ2v) is 3.63. The Bertz CT molecular complexity index is 198. The van der Waals surface area contributed by atoms with Crippen LogP contribution in [0.1, 0.15) is 6.92 Å². The molecule has 1 fully saturated rings. The zero-order chi connectivity index (χ0) is 10.6. The van der Waals surface area contributed by atoms with E-state index in [1.165, 1.54) is 0 Å². The molecule has 5 heteroatoms. The van der Waals surface area contributed by atoms with E-state index >= 15 is 0 Å². The maximum absolute atomic E-state index is 11.6. The number of carbonyl (C=O) groups excluding carboxylic acids is 1. The number of likely N-dealkylation sites (N-methyl/N-ethyl adjacent to an activating group) is 1. The third-order valence-corrected chi connectivity index (χ3v) is 2.45. The topological polar surface area (TPSA) is 70.6 Å². The molecule has 0 aromatic heterocycles. The second kappa shape index (κ2) is 5.29. The Kier molecular flexibility index (Phi) is 4.31. The van der Waals surface area contributed by atoms with Crippen molar-refractivity contribution in [2.45, 2.75) is 19.0 Å². The smallest absolute Gasteiger partial charge is 0.227 e. The number of aliphatic hydroxyl groups excluding tert-OH is 1. The molecule has 2 unspecified atom stereocenters. The maximum atomic E-state index is 11.6. The van der Waals surface area contributed by atoms with Crippen molar-refractivity contribution < 1.29 is 14.6 Å². The Morgan fingerprint density at radius 1 is 1.64 bits per heavy atom. The Morgan fingerprint density at radius 2 is 2.36 bits per heavy atom. The molecule has 0 aliphatic carbocycles. The van der Waals surface area contributed by atoms with E-state index in [1.807, 2.05) is 7.05 Å². The van der Waals surface area contributed by atoms with Crippen LogP contribution in [0.15, 0.2) is 0 Å². The van der Waals surface area contributed by atoms with Crippen LogP contribution in [0.4, 0.5) is 0 Å². The van der Waals surface area contributed by atoms with Gasteiger partial charge in [0, 0.05) is 12.1 Å². The van der Waals surface area contributed by atoms with E-state index in [0.717, 1.165) is 0 Å². The fourth-order valence-electron chi connectivity index (χ4n) is 1.49. The van der Waals surface area contributed by atoms with E-state index < -0.39 is 0 Å². The largest absolute Gasteiger partial charge is 0.394 e. The van der Waals surface area contributed by atoms with Crippen molar-refractivity contribution in [2.24, 2.45) is 5.92 Å². The lowest BCUT2D eigenvalue weighted by Gasteiger charge is -2.18. The first-order valence-electron chi connectivity index (χ1n) is 4.85. The van der Waals surface area contributed by atoms with Crippen LogP contribution in [0.25, 0.3) is 0 Å². The van der Waals surface area contributed by atoms with Gasteiger partial charge >= 0.3 is 0 Å². The summed E-state index contributed by atoms with van der Waals surface area (Å²) in [6, 6.07) is -0.110. The summed E-state index contributed by atoms with van der Waals surface area (Å²) in [5.74, 6) is -0.197. The van der Waals surface area contributed by atoms with Gasteiger partial charge < -0.3 is 20.5 Å². The van der Waals surface area contributed by atoms with Crippen LogP contribution in [0.2, 0.25) is 0 Å². The minimum Gasteiger partial charge on any atom is -0.394 e. The fraction of sp³-hybridized carbons (Fsp3) is 0.889. The van der Waals surface area contributed by atoms with Crippen molar-refractivity contribution >= 4 is 5.91 Å². The molecule has 1 amide bonds. The number of hydrogen-bond acceptors (Lipinski definition) is 4. The van der Waals surface area contributed by atoms with Crippen LogP contribution in [-0.2, 0) is 9.53 Å². The van der Waals surface area contributed by atoms with Crippen LogP contribution in [0, 0.1) is 5.92 Å². The van der Waals surface area contributed by atoms with Gasteiger partial charge in [-0.2, -0.15) is 0 Å². The average Bonchev–Trinajstić information content (AvgIpc) is 2.65. The van der Waals surface area contributed by atoms with Gasteiger partial charge in [0.15, 0.2) is 0 Å². The van der Waals surface area contributed by atoms with Gasteiger partial charge in [0.25, 0.3) is 0 Å². The van der Waals surface area contributed by atoms with Crippen molar-refractivity contribution in [1.29, 1.82) is 0 Å². The molecular weight excluding hydrogens is 184 g/mol. The molecule has 3 atom stereocenters. The molecule has 1 saturated heterocycles. The number of amides is 1. The summed E-state index contributed by atoms with van der Waals surface area (Å²) in [4.78, 5) is 11.6. The lowest BCUT2D eigenvalue weighted by molar-refractivity contribution is -0.126. The number of ether oxygens (including phenoxy) is 1. The number of nitrogens with one attached hydrogen (secondary N) is 2. The van der Waals surface area contributed by atoms with Gasteiger partial charge in [0.05, 0.1) is 25.7 Å². The second-order valence-electron chi connectivity index (χ2n) is 3.63. The van der Waals surface area contributed by atoms with E-state index in [2.05, 4.69) is 10.6 Å². The molecule has 0 saturated carbocycles. The van der Waals surface area contributed by atoms with E-state index in [9.17, 15) is 4.79 Å². The minimum atomic E-state index is -0.194. The number of hydrogen-bond donors (Lipinski definition) is 3.